The number of hydrogen-bond acceptors (Lipinski definition) is 5. The van der Waals surface area contributed by atoms with Gasteiger partial charge >= 0.3 is 0 Å². The summed E-state index contributed by atoms with van der Waals surface area (Å²) in [6, 6.07) is 12.4. The largest absolute Gasteiger partial charge is 0.493 e. The third kappa shape index (κ3) is 3.66. The predicted octanol–water partition coefficient (Wildman–Crippen LogP) is 3.29. The molecule has 2 aromatic rings. The van der Waals surface area contributed by atoms with E-state index in [1.165, 1.54) is 31.4 Å². The van der Waals surface area contributed by atoms with Crippen molar-refractivity contribution in [2.45, 2.75) is 4.90 Å². The molecule has 0 N–H and O–H groups in total. The Morgan fingerprint density at radius 3 is 2.29 bits per heavy atom. The maximum atomic E-state index is 11.1. The molecule has 0 aliphatic carbocycles. The molecule has 2 aromatic carbocycles. The molecule has 7 heteroatoms. The highest BCUT2D eigenvalue weighted by atomic mass is 35.7. The molecule has 0 spiro atoms. The van der Waals surface area contributed by atoms with Gasteiger partial charge in [-0.15, -0.1) is 0 Å². The van der Waals surface area contributed by atoms with E-state index in [-0.39, 0.29) is 4.90 Å². The predicted molar refractivity (Wildman–Crippen MR) is 77.3 cm³/mol. The first-order chi connectivity index (χ1) is 9.94. The maximum absolute atomic E-state index is 11.1. The van der Waals surface area contributed by atoms with E-state index in [0.717, 1.165) is 0 Å². The van der Waals surface area contributed by atoms with Crippen LogP contribution in [0.5, 0.6) is 17.2 Å². The summed E-state index contributed by atoms with van der Waals surface area (Å²) >= 11 is 0. The van der Waals surface area contributed by atoms with Gasteiger partial charge in [0.25, 0.3) is 9.05 Å². The van der Waals surface area contributed by atoms with Gasteiger partial charge in [0.2, 0.25) is 0 Å². The third-order valence-corrected chi connectivity index (χ3v) is 4.00. The van der Waals surface area contributed by atoms with Crippen molar-refractivity contribution in [2.24, 2.45) is 0 Å². The van der Waals surface area contributed by atoms with Crippen LogP contribution in [-0.2, 0) is 9.05 Å². The first kappa shape index (κ1) is 15.2. The minimum Gasteiger partial charge on any atom is -0.493 e. The van der Waals surface area contributed by atoms with Gasteiger partial charge in [-0.25, -0.2) is 8.42 Å². The topological polar surface area (TPSA) is 76.4 Å². The standard InChI is InChI=1S/C14H10ClNO4S/c1-19-14-8-10(9-16)2-7-13(14)20-11-3-5-12(6-4-11)21(15,17)18/h2-8H,1H3. The highest BCUT2D eigenvalue weighted by Crippen LogP contribution is 2.32. The van der Waals surface area contributed by atoms with E-state index in [9.17, 15) is 8.42 Å². The summed E-state index contributed by atoms with van der Waals surface area (Å²) in [6.45, 7) is 0. The summed E-state index contributed by atoms with van der Waals surface area (Å²) in [5.74, 6) is 1.24. The molecule has 0 radical (unpaired) electrons. The first-order valence-electron chi connectivity index (χ1n) is 5.75. The monoisotopic (exact) mass is 323 g/mol. The Balaban J connectivity index is 2.28. The van der Waals surface area contributed by atoms with Gasteiger partial charge in [-0.1, -0.05) is 0 Å². The van der Waals surface area contributed by atoms with Crippen LogP contribution in [0, 0.1) is 11.3 Å². The lowest BCUT2D eigenvalue weighted by atomic mass is 10.2. The quantitative estimate of drug-likeness (QED) is 0.807. The number of ether oxygens (including phenoxy) is 2. The Bertz CT molecular complexity index is 795. The average Bonchev–Trinajstić information content (AvgIpc) is 2.47. The molecule has 0 aliphatic heterocycles. The fourth-order valence-electron chi connectivity index (χ4n) is 1.62. The highest BCUT2D eigenvalue weighted by molar-refractivity contribution is 8.13. The van der Waals surface area contributed by atoms with Crippen LogP contribution < -0.4 is 9.47 Å². The second-order valence-electron chi connectivity index (χ2n) is 3.99. The van der Waals surface area contributed by atoms with Crippen LogP contribution in [0.2, 0.25) is 0 Å². The van der Waals surface area contributed by atoms with Gasteiger partial charge in [-0.3, -0.25) is 0 Å². The molecule has 0 fully saturated rings. The van der Waals surface area contributed by atoms with Gasteiger partial charge in [-0.2, -0.15) is 5.26 Å². The minimum atomic E-state index is -3.76. The fraction of sp³-hybridized carbons (Fsp3) is 0.0714. The van der Waals surface area contributed by atoms with E-state index in [1.807, 2.05) is 6.07 Å². The van der Waals surface area contributed by atoms with Crippen molar-refractivity contribution in [3.8, 4) is 23.3 Å². The van der Waals surface area contributed by atoms with Gasteiger partial charge in [0.15, 0.2) is 11.5 Å². The third-order valence-electron chi connectivity index (χ3n) is 2.63. The van der Waals surface area contributed by atoms with Crippen molar-refractivity contribution in [1.82, 2.24) is 0 Å². The van der Waals surface area contributed by atoms with Crippen molar-refractivity contribution in [3.63, 3.8) is 0 Å². The number of nitriles is 1. The Labute approximate surface area is 126 Å². The van der Waals surface area contributed by atoms with Gasteiger partial charge in [0.1, 0.15) is 5.75 Å². The second-order valence-corrected chi connectivity index (χ2v) is 6.55. The van der Waals surface area contributed by atoms with E-state index in [1.54, 1.807) is 18.2 Å². The van der Waals surface area contributed by atoms with Crippen molar-refractivity contribution in [2.75, 3.05) is 7.11 Å². The summed E-state index contributed by atoms with van der Waals surface area (Å²) in [6.07, 6.45) is 0. The first-order valence-corrected chi connectivity index (χ1v) is 8.05. The zero-order chi connectivity index (χ0) is 15.5. The summed E-state index contributed by atoms with van der Waals surface area (Å²) in [5.41, 5.74) is 0.447. The molecular weight excluding hydrogens is 314 g/mol. The number of rotatable bonds is 4. The number of hydrogen-bond donors (Lipinski definition) is 0. The molecule has 0 saturated heterocycles. The lowest BCUT2D eigenvalue weighted by molar-refractivity contribution is 0.378. The van der Waals surface area contributed by atoms with E-state index < -0.39 is 9.05 Å². The molecule has 0 bridgehead atoms. The highest BCUT2D eigenvalue weighted by Gasteiger charge is 2.11. The zero-order valence-electron chi connectivity index (χ0n) is 10.9. The Hall–Kier alpha value is -2.23. The van der Waals surface area contributed by atoms with Crippen molar-refractivity contribution in [1.29, 1.82) is 5.26 Å². The van der Waals surface area contributed by atoms with E-state index in [4.69, 9.17) is 25.4 Å². The molecular formula is C14H10ClNO4S. The molecule has 0 atom stereocenters. The Morgan fingerprint density at radius 1 is 1.10 bits per heavy atom. The Kier molecular flexibility index (Phi) is 4.36. The number of benzene rings is 2. The molecule has 2 rings (SSSR count). The molecule has 0 aromatic heterocycles. The lowest BCUT2D eigenvalue weighted by Crippen LogP contribution is -1.93. The maximum Gasteiger partial charge on any atom is 0.261 e. The van der Waals surface area contributed by atoms with Crippen LogP contribution in [0.4, 0.5) is 0 Å². The van der Waals surface area contributed by atoms with Gasteiger partial charge in [0.05, 0.1) is 23.6 Å². The molecule has 0 saturated carbocycles. The summed E-state index contributed by atoms with van der Waals surface area (Å²) < 4.78 is 33.0. The van der Waals surface area contributed by atoms with E-state index >= 15 is 0 Å². The smallest absolute Gasteiger partial charge is 0.261 e. The van der Waals surface area contributed by atoms with Gasteiger partial charge in [-0.05, 0) is 36.4 Å². The van der Waals surface area contributed by atoms with Crippen LogP contribution in [-0.4, -0.2) is 15.5 Å². The van der Waals surface area contributed by atoms with Crippen LogP contribution in [0.3, 0.4) is 0 Å². The summed E-state index contributed by atoms with van der Waals surface area (Å²) in [7, 11) is 2.94. The number of methoxy groups -OCH3 is 1. The van der Waals surface area contributed by atoms with E-state index in [2.05, 4.69) is 0 Å². The van der Waals surface area contributed by atoms with Crippen molar-refractivity contribution < 1.29 is 17.9 Å². The van der Waals surface area contributed by atoms with Crippen LogP contribution in [0.15, 0.2) is 47.4 Å². The summed E-state index contributed by atoms with van der Waals surface area (Å²) in [5, 5.41) is 8.83. The molecule has 21 heavy (non-hydrogen) atoms. The van der Waals surface area contributed by atoms with Crippen LogP contribution in [0.25, 0.3) is 0 Å². The van der Waals surface area contributed by atoms with Gasteiger partial charge in [0, 0.05) is 16.7 Å². The minimum absolute atomic E-state index is 0.0108. The molecule has 0 aliphatic rings. The fourth-order valence-corrected chi connectivity index (χ4v) is 2.39. The van der Waals surface area contributed by atoms with Crippen LogP contribution in [0.1, 0.15) is 5.56 Å². The SMILES string of the molecule is COc1cc(C#N)ccc1Oc1ccc(S(=O)(=O)Cl)cc1. The van der Waals surface area contributed by atoms with E-state index in [0.29, 0.717) is 22.8 Å². The molecule has 108 valence electrons. The molecule has 0 heterocycles. The molecule has 5 nitrogen and oxygen atoms in total. The van der Waals surface area contributed by atoms with Crippen molar-refractivity contribution >= 4 is 19.7 Å². The van der Waals surface area contributed by atoms with Crippen LogP contribution >= 0.6 is 10.7 Å². The molecule has 0 unspecified atom stereocenters. The molecule has 0 amide bonds. The Morgan fingerprint density at radius 2 is 1.76 bits per heavy atom. The van der Waals surface area contributed by atoms with Gasteiger partial charge < -0.3 is 9.47 Å². The lowest BCUT2D eigenvalue weighted by Gasteiger charge is -2.10. The average molecular weight is 324 g/mol. The normalized spacial score (nSPS) is 10.7. The number of nitrogens with zero attached hydrogens (tertiary/aromatic N) is 1. The number of halogens is 1. The van der Waals surface area contributed by atoms with Crippen molar-refractivity contribution in [3.05, 3.63) is 48.0 Å². The second kappa shape index (κ2) is 6.04. The summed E-state index contributed by atoms with van der Waals surface area (Å²) in [4.78, 5) is -0.0108. The zero-order valence-corrected chi connectivity index (χ0v) is 12.5.